The zero-order valence-corrected chi connectivity index (χ0v) is 19.3. The van der Waals surface area contributed by atoms with Crippen molar-refractivity contribution in [2.75, 3.05) is 31.6 Å². The summed E-state index contributed by atoms with van der Waals surface area (Å²) in [5, 5.41) is 5.66. The smallest absolute Gasteiger partial charge is 0.252 e. The van der Waals surface area contributed by atoms with E-state index in [0.717, 1.165) is 12.8 Å². The molecule has 2 aromatic carbocycles. The fourth-order valence-electron chi connectivity index (χ4n) is 3.38. The van der Waals surface area contributed by atoms with Gasteiger partial charge in [-0.3, -0.25) is 9.59 Å². The highest BCUT2D eigenvalue weighted by atomic mass is 35.5. The van der Waals surface area contributed by atoms with Crippen molar-refractivity contribution >= 4 is 39.1 Å². The molecular formula is C22H26ClN3O5S. The second-order valence-electron chi connectivity index (χ2n) is 7.24. The summed E-state index contributed by atoms with van der Waals surface area (Å²) in [6, 6.07) is 11.2. The van der Waals surface area contributed by atoms with Gasteiger partial charge in [0.25, 0.3) is 5.91 Å². The number of hydrogen-bond acceptors (Lipinski definition) is 5. The predicted octanol–water partition coefficient (Wildman–Crippen LogP) is 3.28. The van der Waals surface area contributed by atoms with Crippen molar-refractivity contribution in [3.8, 4) is 5.75 Å². The maximum absolute atomic E-state index is 13.1. The van der Waals surface area contributed by atoms with Gasteiger partial charge in [-0.2, -0.15) is 4.31 Å². The molecule has 2 N–H and O–H groups in total. The summed E-state index contributed by atoms with van der Waals surface area (Å²) in [7, 11) is -3.73. The lowest BCUT2D eigenvalue weighted by Crippen LogP contribution is -2.29. The van der Waals surface area contributed by atoms with Crippen molar-refractivity contribution in [1.82, 2.24) is 9.62 Å². The summed E-state index contributed by atoms with van der Waals surface area (Å²) >= 11 is 6.00. The molecule has 1 fully saturated rings. The van der Waals surface area contributed by atoms with E-state index in [4.69, 9.17) is 16.3 Å². The van der Waals surface area contributed by atoms with E-state index >= 15 is 0 Å². The van der Waals surface area contributed by atoms with Crippen molar-refractivity contribution in [3.63, 3.8) is 0 Å². The van der Waals surface area contributed by atoms with Gasteiger partial charge in [0.05, 0.1) is 17.2 Å². The Hall–Kier alpha value is -2.62. The minimum Gasteiger partial charge on any atom is -0.492 e. The van der Waals surface area contributed by atoms with Crippen LogP contribution in [0.3, 0.4) is 0 Å². The first kappa shape index (κ1) is 24.0. The van der Waals surface area contributed by atoms with E-state index in [-0.39, 0.29) is 35.4 Å². The van der Waals surface area contributed by atoms with Crippen LogP contribution in [0.1, 0.15) is 36.5 Å². The number of benzene rings is 2. The Bertz CT molecular complexity index is 1080. The highest BCUT2D eigenvalue weighted by molar-refractivity contribution is 7.89. The van der Waals surface area contributed by atoms with Crippen molar-refractivity contribution in [2.45, 2.75) is 31.1 Å². The van der Waals surface area contributed by atoms with Gasteiger partial charge in [0.2, 0.25) is 15.9 Å². The molecule has 0 aliphatic carbocycles. The second-order valence-corrected chi connectivity index (χ2v) is 9.55. The van der Waals surface area contributed by atoms with Gasteiger partial charge < -0.3 is 15.4 Å². The third-order valence-electron chi connectivity index (χ3n) is 4.97. The molecule has 2 amide bonds. The summed E-state index contributed by atoms with van der Waals surface area (Å²) in [5.41, 5.74) is 0.673. The summed E-state index contributed by atoms with van der Waals surface area (Å²) < 4.78 is 33.0. The van der Waals surface area contributed by atoms with Crippen LogP contribution in [0.5, 0.6) is 5.75 Å². The lowest BCUT2D eigenvalue weighted by atomic mass is 10.2. The number of ether oxygens (including phenoxy) is 1. The predicted molar refractivity (Wildman–Crippen MR) is 123 cm³/mol. The van der Waals surface area contributed by atoms with E-state index in [9.17, 15) is 18.0 Å². The molecule has 10 heteroatoms. The minimum absolute atomic E-state index is 0.0115. The molecule has 0 aromatic heterocycles. The van der Waals surface area contributed by atoms with E-state index in [1.807, 2.05) is 0 Å². The van der Waals surface area contributed by atoms with Crippen molar-refractivity contribution in [3.05, 3.63) is 53.1 Å². The third-order valence-corrected chi connectivity index (χ3v) is 7.22. The molecule has 32 heavy (non-hydrogen) atoms. The first-order valence-electron chi connectivity index (χ1n) is 10.4. The number of halogens is 1. The Balaban J connectivity index is 1.64. The Labute approximate surface area is 192 Å². The normalized spacial score (nSPS) is 14.2. The zero-order valence-electron chi connectivity index (χ0n) is 17.8. The van der Waals surface area contributed by atoms with Gasteiger partial charge >= 0.3 is 0 Å². The summed E-state index contributed by atoms with van der Waals surface area (Å²) in [5.74, 6) is -0.481. The lowest BCUT2D eigenvalue weighted by molar-refractivity contribution is -0.116. The Morgan fingerprint density at radius 2 is 1.84 bits per heavy atom. The van der Waals surface area contributed by atoms with Crippen LogP contribution < -0.4 is 15.4 Å². The number of rotatable bonds is 9. The zero-order chi connectivity index (χ0) is 23.1. The number of carbonyl (C=O) groups excluding carboxylic acids is 2. The number of carbonyl (C=O) groups is 2. The molecule has 1 aliphatic rings. The molecule has 1 aliphatic heterocycles. The van der Waals surface area contributed by atoms with Crippen LogP contribution in [0.2, 0.25) is 5.02 Å². The maximum atomic E-state index is 13.1. The van der Waals surface area contributed by atoms with E-state index < -0.39 is 10.0 Å². The number of amides is 2. The van der Waals surface area contributed by atoms with Crippen LogP contribution in [-0.4, -0.2) is 50.8 Å². The standard InChI is InChI=1S/C22H26ClN3O5S/c1-2-31-19-10-9-16(15-20(19)32(29,30)26-13-5-6-14-26)25-21(27)11-12-24-22(28)17-7-3-4-8-18(17)23/h3-4,7-10,15H,2,5-6,11-14H2,1H3,(H,24,28)(H,25,27). The monoisotopic (exact) mass is 479 g/mol. The average Bonchev–Trinajstić information content (AvgIpc) is 3.31. The second kappa shape index (κ2) is 10.8. The number of anilines is 1. The van der Waals surface area contributed by atoms with Gasteiger partial charge in [-0.25, -0.2) is 8.42 Å². The largest absolute Gasteiger partial charge is 0.492 e. The highest BCUT2D eigenvalue weighted by Gasteiger charge is 2.30. The highest BCUT2D eigenvalue weighted by Crippen LogP contribution is 2.31. The molecule has 0 spiro atoms. The van der Waals surface area contributed by atoms with Gasteiger partial charge in [-0.1, -0.05) is 23.7 Å². The Morgan fingerprint density at radius 3 is 2.53 bits per heavy atom. The van der Waals surface area contributed by atoms with Gasteiger partial charge in [-0.15, -0.1) is 0 Å². The summed E-state index contributed by atoms with van der Waals surface area (Å²) in [6.45, 7) is 3.13. The van der Waals surface area contributed by atoms with E-state index in [0.29, 0.717) is 36.0 Å². The van der Waals surface area contributed by atoms with Gasteiger partial charge in [0.15, 0.2) is 0 Å². The van der Waals surface area contributed by atoms with E-state index in [1.54, 1.807) is 43.3 Å². The maximum Gasteiger partial charge on any atom is 0.252 e. The van der Waals surface area contributed by atoms with Gasteiger partial charge in [0.1, 0.15) is 10.6 Å². The Morgan fingerprint density at radius 1 is 1.12 bits per heavy atom. The number of nitrogens with zero attached hydrogens (tertiary/aromatic N) is 1. The van der Waals surface area contributed by atoms with Gasteiger partial charge in [-0.05, 0) is 50.1 Å². The molecule has 1 saturated heterocycles. The molecule has 8 nitrogen and oxygen atoms in total. The number of sulfonamides is 1. The van der Waals surface area contributed by atoms with Crippen LogP contribution in [0.15, 0.2) is 47.4 Å². The molecule has 0 bridgehead atoms. The van der Waals surface area contributed by atoms with E-state index in [2.05, 4.69) is 10.6 Å². The van der Waals surface area contributed by atoms with Gasteiger partial charge in [0, 0.05) is 31.7 Å². The molecule has 0 radical (unpaired) electrons. The molecule has 0 saturated carbocycles. The molecule has 1 heterocycles. The van der Waals surface area contributed by atoms with Crippen molar-refractivity contribution in [1.29, 1.82) is 0 Å². The average molecular weight is 480 g/mol. The first-order valence-corrected chi connectivity index (χ1v) is 12.2. The van der Waals surface area contributed by atoms with E-state index in [1.165, 1.54) is 10.4 Å². The SMILES string of the molecule is CCOc1ccc(NC(=O)CCNC(=O)c2ccccc2Cl)cc1S(=O)(=O)N1CCCC1. The fraction of sp³-hybridized carbons (Fsp3) is 0.364. The quantitative estimate of drug-likeness (QED) is 0.574. The molecule has 0 unspecified atom stereocenters. The molecule has 0 atom stereocenters. The van der Waals surface area contributed by atoms with Crippen LogP contribution >= 0.6 is 11.6 Å². The fourth-order valence-corrected chi connectivity index (χ4v) is 5.28. The molecular weight excluding hydrogens is 454 g/mol. The third kappa shape index (κ3) is 5.79. The van der Waals surface area contributed by atoms with Crippen molar-refractivity contribution < 1.29 is 22.7 Å². The van der Waals surface area contributed by atoms with Crippen LogP contribution in [0.25, 0.3) is 0 Å². The first-order chi connectivity index (χ1) is 15.3. The Kier molecular flexibility index (Phi) is 8.11. The summed E-state index contributed by atoms with van der Waals surface area (Å²) in [4.78, 5) is 24.6. The lowest BCUT2D eigenvalue weighted by Gasteiger charge is -2.19. The summed E-state index contributed by atoms with van der Waals surface area (Å²) in [6.07, 6.45) is 1.65. The van der Waals surface area contributed by atoms with Crippen LogP contribution in [-0.2, 0) is 14.8 Å². The number of hydrogen-bond donors (Lipinski definition) is 2. The molecule has 2 aromatic rings. The molecule has 172 valence electrons. The van der Waals surface area contributed by atoms with Crippen LogP contribution in [0, 0.1) is 0 Å². The minimum atomic E-state index is -3.73. The topological polar surface area (TPSA) is 105 Å². The van der Waals surface area contributed by atoms with Crippen molar-refractivity contribution in [2.24, 2.45) is 0 Å². The van der Waals surface area contributed by atoms with Crippen LogP contribution in [0.4, 0.5) is 5.69 Å². The molecule has 3 rings (SSSR count). The number of nitrogens with one attached hydrogen (secondary N) is 2.